The molecule has 3 rings (SSSR count). The Balaban J connectivity index is 1.77. The van der Waals surface area contributed by atoms with Crippen molar-refractivity contribution in [2.45, 2.75) is 6.92 Å². The fourth-order valence-corrected chi connectivity index (χ4v) is 2.65. The van der Waals surface area contributed by atoms with Gasteiger partial charge >= 0.3 is 0 Å². The number of fused-ring (bicyclic) bond motifs is 1. The molecule has 0 aromatic heterocycles. The van der Waals surface area contributed by atoms with E-state index in [1.54, 1.807) is 42.3 Å². The molecule has 6 nitrogen and oxygen atoms in total. The molecule has 2 aromatic carbocycles. The number of amides is 1. The highest BCUT2D eigenvalue weighted by atomic mass is 16.5. The molecule has 25 heavy (non-hydrogen) atoms. The fraction of sp³-hybridized carbons (Fsp3) is 0.263. The van der Waals surface area contributed by atoms with Crippen LogP contribution in [0.1, 0.15) is 17.3 Å². The maximum Gasteiger partial charge on any atom is 0.265 e. The molecule has 0 bridgehead atoms. The number of Topliss-reactive ketones (excluding diaryl/α,β-unsaturated/α-hetero) is 1. The zero-order valence-electron chi connectivity index (χ0n) is 14.2. The van der Waals surface area contributed by atoms with E-state index in [9.17, 15) is 9.59 Å². The van der Waals surface area contributed by atoms with Crippen molar-refractivity contribution in [2.24, 2.45) is 0 Å². The fourth-order valence-electron chi connectivity index (χ4n) is 2.65. The number of carbonyl (C=O) groups excluding carboxylic acids is 2. The standard InChI is InChI=1S/C19H19NO5/c1-13(21)14-7-8-16-15(11-14)20(9-10-24-16)19(22)12-25-18-6-4-3-5-17(18)23-2/h3-8,11H,9-10,12H2,1-2H3. The molecule has 1 aliphatic heterocycles. The Hall–Kier alpha value is -3.02. The van der Waals surface area contributed by atoms with Gasteiger partial charge in [-0.25, -0.2) is 0 Å². The Morgan fingerprint density at radius 3 is 2.64 bits per heavy atom. The van der Waals surface area contributed by atoms with Crippen molar-refractivity contribution in [3.8, 4) is 17.2 Å². The molecule has 2 aromatic rings. The third-order valence-electron chi connectivity index (χ3n) is 3.95. The van der Waals surface area contributed by atoms with Gasteiger partial charge in [-0.3, -0.25) is 9.59 Å². The molecule has 0 unspecified atom stereocenters. The monoisotopic (exact) mass is 341 g/mol. The first kappa shape index (κ1) is 16.8. The minimum Gasteiger partial charge on any atom is -0.493 e. The number of rotatable bonds is 5. The van der Waals surface area contributed by atoms with E-state index < -0.39 is 0 Å². The number of carbonyl (C=O) groups is 2. The molecule has 1 amide bonds. The van der Waals surface area contributed by atoms with Crippen LogP contribution in [0.25, 0.3) is 0 Å². The van der Waals surface area contributed by atoms with Crippen LogP contribution >= 0.6 is 0 Å². The molecule has 1 aliphatic rings. The van der Waals surface area contributed by atoms with Crippen LogP contribution in [0.3, 0.4) is 0 Å². The highest BCUT2D eigenvalue weighted by Gasteiger charge is 2.25. The molecule has 0 radical (unpaired) electrons. The van der Waals surface area contributed by atoms with Crippen molar-refractivity contribution in [1.82, 2.24) is 0 Å². The maximum atomic E-state index is 12.6. The van der Waals surface area contributed by atoms with Gasteiger partial charge in [-0.2, -0.15) is 0 Å². The molecule has 0 saturated heterocycles. The Morgan fingerprint density at radius 1 is 1.16 bits per heavy atom. The van der Waals surface area contributed by atoms with Gasteiger partial charge in [-0.05, 0) is 37.3 Å². The Labute approximate surface area is 145 Å². The first-order chi connectivity index (χ1) is 12.1. The van der Waals surface area contributed by atoms with Gasteiger partial charge < -0.3 is 19.1 Å². The molecule has 0 saturated carbocycles. The van der Waals surface area contributed by atoms with E-state index in [-0.39, 0.29) is 18.3 Å². The van der Waals surface area contributed by atoms with Gasteiger partial charge in [0.25, 0.3) is 5.91 Å². The number of hydrogen-bond acceptors (Lipinski definition) is 5. The second-order valence-corrected chi connectivity index (χ2v) is 5.57. The van der Waals surface area contributed by atoms with Crippen molar-refractivity contribution in [1.29, 1.82) is 0 Å². The second kappa shape index (κ2) is 7.25. The zero-order chi connectivity index (χ0) is 17.8. The summed E-state index contributed by atoms with van der Waals surface area (Å²) in [4.78, 5) is 25.8. The van der Waals surface area contributed by atoms with Gasteiger partial charge in [0, 0.05) is 5.56 Å². The summed E-state index contributed by atoms with van der Waals surface area (Å²) in [6, 6.07) is 12.2. The highest BCUT2D eigenvalue weighted by Crippen LogP contribution is 2.33. The molecular formula is C19H19NO5. The van der Waals surface area contributed by atoms with Crippen molar-refractivity contribution in [3.05, 3.63) is 48.0 Å². The van der Waals surface area contributed by atoms with Crippen molar-refractivity contribution < 1.29 is 23.8 Å². The van der Waals surface area contributed by atoms with Crippen LogP contribution in [0.2, 0.25) is 0 Å². The van der Waals surface area contributed by atoms with E-state index in [1.807, 2.05) is 12.1 Å². The van der Waals surface area contributed by atoms with Crippen LogP contribution in [0, 0.1) is 0 Å². The summed E-state index contributed by atoms with van der Waals surface area (Å²) < 4.78 is 16.4. The second-order valence-electron chi connectivity index (χ2n) is 5.57. The van der Waals surface area contributed by atoms with Gasteiger partial charge in [-0.15, -0.1) is 0 Å². The number of hydrogen-bond donors (Lipinski definition) is 0. The number of anilines is 1. The molecule has 0 fully saturated rings. The van der Waals surface area contributed by atoms with E-state index in [0.29, 0.717) is 41.7 Å². The predicted octanol–water partition coefficient (Wildman–Crippen LogP) is 2.70. The minimum atomic E-state index is -0.212. The minimum absolute atomic E-state index is 0.0638. The lowest BCUT2D eigenvalue weighted by atomic mass is 10.1. The first-order valence-electron chi connectivity index (χ1n) is 7.94. The lowest BCUT2D eigenvalue weighted by Gasteiger charge is -2.29. The van der Waals surface area contributed by atoms with E-state index in [4.69, 9.17) is 14.2 Å². The first-order valence-corrected chi connectivity index (χ1v) is 7.94. The number of ether oxygens (including phenoxy) is 3. The average Bonchev–Trinajstić information content (AvgIpc) is 2.65. The highest BCUT2D eigenvalue weighted by molar-refractivity contribution is 6.00. The van der Waals surface area contributed by atoms with E-state index >= 15 is 0 Å². The third-order valence-corrected chi connectivity index (χ3v) is 3.95. The topological polar surface area (TPSA) is 65.1 Å². The number of nitrogens with zero attached hydrogens (tertiary/aromatic N) is 1. The van der Waals surface area contributed by atoms with Gasteiger partial charge in [0.2, 0.25) is 0 Å². The van der Waals surface area contributed by atoms with Gasteiger partial charge in [0.05, 0.1) is 19.3 Å². The molecule has 6 heteroatoms. The van der Waals surface area contributed by atoms with Crippen LogP contribution < -0.4 is 19.1 Å². The maximum absolute atomic E-state index is 12.6. The molecule has 1 heterocycles. The summed E-state index contributed by atoms with van der Waals surface area (Å²) in [7, 11) is 1.55. The third kappa shape index (κ3) is 3.57. The van der Waals surface area contributed by atoms with Gasteiger partial charge in [-0.1, -0.05) is 12.1 Å². The Kier molecular flexibility index (Phi) is 4.88. The van der Waals surface area contributed by atoms with Crippen LogP contribution in [0.15, 0.2) is 42.5 Å². The molecule has 0 atom stereocenters. The average molecular weight is 341 g/mol. The summed E-state index contributed by atoms with van der Waals surface area (Å²) in [6.07, 6.45) is 0. The lowest BCUT2D eigenvalue weighted by molar-refractivity contribution is -0.120. The van der Waals surface area contributed by atoms with Crippen LogP contribution in [-0.4, -0.2) is 38.6 Å². The van der Waals surface area contributed by atoms with Gasteiger partial charge in [0.15, 0.2) is 23.9 Å². The number of benzene rings is 2. The summed E-state index contributed by atoms with van der Waals surface area (Å²) >= 11 is 0. The predicted molar refractivity (Wildman–Crippen MR) is 92.8 cm³/mol. The summed E-state index contributed by atoms with van der Waals surface area (Å²) in [6.45, 7) is 2.15. The van der Waals surface area contributed by atoms with E-state index in [1.165, 1.54) is 6.92 Å². The van der Waals surface area contributed by atoms with E-state index in [0.717, 1.165) is 0 Å². The van der Waals surface area contributed by atoms with Crippen LogP contribution in [0.5, 0.6) is 17.2 Å². The molecular weight excluding hydrogens is 322 g/mol. The molecule has 130 valence electrons. The smallest absolute Gasteiger partial charge is 0.265 e. The quantitative estimate of drug-likeness (QED) is 0.783. The van der Waals surface area contributed by atoms with Crippen LogP contribution in [-0.2, 0) is 4.79 Å². The number of methoxy groups -OCH3 is 1. The molecule has 0 N–H and O–H groups in total. The summed E-state index contributed by atoms with van der Waals surface area (Å²) in [5.74, 6) is 1.38. The largest absolute Gasteiger partial charge is 0.493 e. The lowest BCUT2D eigenvalue weighted by Crippen LogP contribution is -2.40. The molecule has 0 spiro atoms. The summed E-state index contributed by atoms with van der Waals surface area (Å²) in [5.41, 5.74) is 1.13. The van der Waals surface area contributed by atoms with Crippen LogP contribution in [0.4, 0.5) is 5.69 Å². The zero-order valence-corrected chi connectivity index (χ0v) is 14.2. The van der Waals surface area contributed by atoms with E-state index in [2.05, 4.69) is 0 Å². The SMILES string of the molecule is COc1ccccc1OCC(=O)N1CCOc2ccc(C(C)=O)cc21. The summed E-state index contributed by atoms with van der Waals surface area (Å²) in [5, 5.41) is 0. The van der Waals surface area contributed by atoms with Crippen molar-refractivity contribution >= 4 is 17.4 Å². The Morgan fingerprint density at radius 2 is 1.92 bits per heavy atom. The normalized spacial score (nSPS) is 12.8. The Bertz CT molecular complexity index is 802. The van der Waals surface area contributed by atoms with Crippen molar-refractivity contribution in [3.63, 3.8) is 0 Å². The van der Waals surface area contributed by atoms with Gasteiger partial charge in [0.1, 0.15) is 12.4 Å². The number of ketones is 1. The number of para-hydroxylation sites is 2. The van der Waals surface area contributed by atoms with Crippen molar-refractivity contribution in [2.75, 3.05) is 31.8 Å². The molecule has 0 aliphatic carbocycles.